The molecule has 88 valence electrons. The van der Waals surface area contributed by atoms with Crippen LogP contribution in [0.5, 0.6) is 0 Å². The van der Waals surface area contributed by atoms with E-state index in [0.717, 1.165) is 0 Å². The van der Waals surface area contributed by atoms with Crippen molar-refractivity contribution in [3.8, 4) is 0 Å². The Bertz CT molecular complexity index is 351. The van der Waals surface area contributed by atoms with Crippen LogP contribution in [0.15, 0.2) is 12.1 Å². The zero-order chi connectivity index (χ0) is 12.1. The Hall–Kier alpha value is -1.69. The van der Waals surface area contributed by atoms with Crippen LogP contribution in [0.4, 0.5) is 5.82 Å². The highest BCUT2D eigenvalue weighted by Gasteiger charge is 2.13. The molecule has 0 fully saturated rings. The summed E-state index contributed by atoms with van der Waals surface area (Å²) in [6, 6.07) is 2.78. The molecule has 6 nitrogen and oxygen atoms in total. The average molecular weight is 225 g/mol. The number of nitrogens with one attached hydrogen (secondary N) is 1. The molecule has 0 aliphatic rings. The maximum Gasteiger partial charge on any atom is 0.356 e. The summed E-state index contributed by atoms with van der Waals surface area (Å²) in [4.78, 5) is 10.5. The Balaban J connectivity index is 2.71. The molecular formula is C10H15N3O3. The minimum atomic E-state index is -1.11. The number of carboxylic acid groups (broad SMARTS) is 1. The van der Waals surface area contributed by atoms with Crippen LogP contribution in [0.2, 0.25) is 0 Å². The van der Waals surface area contributed by atoms with Crippen molar-refractivity contribution in [2.45, 2.75) is 19.9 Å². The Labute approximate surface area is 93.3 Å². The summed E-state index contributed by atoms with van der Waals surface area (Å²) >= 11 is 0. The number of carbonyl (C=O) groups is 1. The molecule has 1 unspecified atom stereocenters. The third-order valence-corrected chi connectivity index (χ3v) is 2.22. The van der Waals surface area contributed by atoms with Gasteiger partial charge in [0, 0.05) is 0 Å². The van der Waals surface area contributed by atoms with E-state index in [1.165, 1.54) is 12.1 Å². The lowest BCUT2D eigenvalue weighted by atomic mass is 10.1. The first-order chi connectivity index (χ1) is 7.54. The van der Waals surface area contributed by atoms with Crippen LogP contribution < -0.4 is 5.32 Å². The Morgan fingerprint density at radius 3 is 2.50 bits per heavy atom. The minimum absolute atomic E-state index is 0.0139. The van der Waals surface area contributed by atoms with Gasteiger partial charge in [-0.25, -0.2) is 4.79 Å². The van der Waals surface area contributed by atoms with Gasteiger partial charge in [0.1, 0.15) is 5.82 Å². The first-order valence-electron chi connectivity index (χ1n) is 4.99. The normalized spacial score (nSPS) is 12.5. The minimum Gasteiger partial charge on any atom is -0.476 e. The van der Waals surface area contributed by atoms with Gasteiger partial charge in [0.2, 0.25) is 0 Å². The van der Waals surface area contributed by atoms with E-state index < -0.39 is 5.97 Å². The second-order valence-electron chi connectivity index (χ2n) is 3.79. The Morgan fingerprint density at radius 2 is 2.12 bits per heavy atom. The van der Waals surface area contributed by atoms with Crippen molar-refractivity contribution in [2.24, 2.45) is 5.92 Å². The number of aliphatic hydroxyl groups excluding tert-OH is 1. The van der Waals surface area contributed by atoms with Crippen molar-refractivity contribution < 1.29 is 15.0 Å². The topological polar surface area (TPSA) is 95.3 Å². The molecule has 0 aliphatic carbocycles. The maximum absolute atomic E-state index is 10.5. The average Bonchev–Trinajstić information content (AvgIpc) is 2.26. The van der Waals surface area contributed by atoms with E-state index in [4.69, 9.17) is 10.2 Å². The first kappa shape index (κ1) is 12.4. The van der Waals surface area contributed by atoms with Crippen molar-refractivity contribution in [3.05, 3.63) is 17.8 Å². The molecule has 0 amide bonds. The van der Waals surface area contributed by atoms with Gasteiger partial charge in [0.05, 0.1) is 12.6 Å². The number of aromatic nitrogens is 2. The molecule has 0 spiro atoms. The smallest absolute Gasteiger partial charge is 0.356 e. The van der Waals surface area contributed by atoms with E-state index in [9.17, 15) is 4.79 Å². The molecule has 0 aromatic carbocycles. The number of hydrogen-bond acceptors (Lipinski definition) is 5. The number of rotatable bonds is 5. The molecule has 0 radical (unpaired) electrons. The summed E-state index contributed by atoms with van der Waals surface area (Å²) in [6.07, 6.45) is 0. The van der Waals surface area contributed by atoms with E-state index in [1.54, 1.807) is 0 Å². The molecule has 6 heteroatoms. The van der Waals surface area contributed by atoms with E-state index in [1.807, 2.05) is 13.8 Å². The monoisotopic (exact) mass is 225 g/mol. The molecule has 1 aromatic rings. The largest absolute Gasteiger partial charge is 0.476 e. The lowest BCUT2D eigenvalue weighted by Gasteiger charge is -2.19. The van der Waals surface area contributed by atoms with Crippen LogP contribution in [-0.4, -0.2) is 39.0 Å². The predicted octanol–water partition coefficient (Wildman–Crippen LogP) is 0.604. The first-order valence-corrected chi connectivity index (χ1v) is 4.99. The Kier molecular flexibility index (Phi) is 4.19. The molecule has 1 aromatic heterocycles. The van der Waals surface area contributed by atoms with Gasteiger partial charge >= 0.3 is 5.97 Å². The third kappa shape index (κ3) is 3.16. The second kappa shape index (κ2) is 5.41. The summed E-state index contributed by atoms with van der Waals surface area (Å²) < 4.78 is 0. The highest BCUT2D eigenvalue weighted by Crippen LogP contribution is 2.09. The summed E-state index contributed by atoms with van der Waals surface area (Å²) in [5.41, 5.74) is -0.101. The highest BCUT2D eigenvalue weighted by atomic mass is 16.4. The van der Waals surface area contributed by atoms with Crippen molar-refractivity contribution in [2.75, 3.05) is 11.9 Å². The number of carboxylic acids is 1. The quantitative estimate of drug-likeness (QED) is 0.679. The van der Waals surface area contributed by atoms with E-state index in [0.29, 0.717) is 5.82 Å². The SMILES string of the molecule is CC(C)C(CO)Nc1ccc(C(=O)O)nn1. The molecule has 0 saturated heterocycles. The fourth-order valence-corrected chi connectivity index (χ4v) is 1.14. The molecule has 1 atom stereocenters. The summed E-state index contributed by atoms with van der Waals surface area (Å²) in [6.45, 7) is 3.92. The molecule has 1 rings (SSSR count). The van der Waals surface area contributed by atoms with Gasteiger partial charge in [-0.15, -0.1) is 10.2 Å². The van der Waals surface area contributed by atoms with E-state index in [2.05, 4.69) is 15.5 Å². The van der Waals surface area contributed by atoms with Gasteiger partial charge in [-0.2, -0.15) is 0 Å². The number of aromatic carboxylic acids is 1. The number of aliphatic hydroxyl groups is 1. The zero-order valence-electron chi connectivity index (χ0n) is 9.21. The van der Waals surface area contributed by atoms with E-state index in [-0.39, 0.29) is 24.3 Å². The van der Waals surface area contributed by atoms with Gasteiger partial charge in [0.25, 0.3) is 0 Å². The zero-order valence-corrected chi connectivity index (χ0v) is 9.21. The summed E-state index contributed by atoms with van der Waals surface area (Å²) in [7, 11) is 0. The van der Waals surface area contributed by atoms with Crippen LogP contribution in [0.3, 0.4) is 0 Å². The molecule has 1 heterocycles. The number of anilines is 1. The molecule has 16 heavy (non-hydrogen) atoms. The summed E-state index contributed by atoms with van der Waals surface area (Å²) in [5.74, 6) is -0.412. The lowest BCUT2D eigenvalue weighted by molar-refractivity contribution is 0.0689. The molecule has 3 N–H and O–H groups in total. The van der Waals surface area contributed by atoms with Gasteiger partial charge in [0.15, 0.2) is 5.69 Å². The van der Waals surface area contributed by atoms with Crippen LogP contribution in [0.1, 0.15) is 24.3 Å². The van der Waals surface area contributed by atoms with Crippen molar-refractivity contribution >= 4 is 11.8 Å². The number of hydrogen-bond donors (Lipinski definition) is 3. The van der Waals surface area contributed by atoms with Crippen molar-refractivity contribution in [3.63, 3.8) is 0 Å². The summed E-state index contributed by atoms with van der Waals surface area (Å²) in [5, 5.41) is 28.0. The maximum atomic E-state index is 10.5. The fourth-order valence-electron chi connectivity index (χ4n) is 1.14. The molecule has 0 aliphatic heterocycles. The number of nitrogens with zero attached hydrogens (tertiary/aromatic N) is 2. The lowest BCUT2D eigenvalue weighted by Crippen LogP contribution is -2.30. The predicted molar refractivity (Wildman–Crippen MR) is 58.3 cm³/mol. The molecule has 0 bridgehead atoms. The molecular weight excluding hydrogens is 210 g/mol. The van der Waals surface area contributed by atoms with Gasteiger partial charge in [-0.05, 0) is 18.1 Å². The van der Waals surface area contributed by atoms with Gasteiger partial charge in [-0.3, -0.25) is 0 Å². The van der Waals surface area contributed by atoms with Gasteiger partial charge < -0.3 is 15.5 Å². The van der Waals surface area contributed by atoms with Crippen LogP contribution in [0, 0.1) is 5.92 Å². The van der Waals surface area contributed by atoms with Crippen LogP contribution in [-0.2, 0) is 0 Å². The van der Waals surface area contributed by atoms with Crippen LogP contribution >= 0.6 is 0 Å². The molecule has 0 saturated carbocycles. The van der Waals surface area contributed by atoms with Crippen molar-refractivity contribution in [1.82, 2.24) is 10.2 Å². The van der Waals surface area contributed by atoms with Crippen molar-refractivity contribution in [1.29, 1.82) is 0 Å². The fraction of sp³-hybridized carbons (Fsp3) is 0.500. The van der Waals surface area contributed by atoms with Crippen LogP contribution in [0.25, 0.3) is 0 Å². The third-order valence-electron chi connectivity index (χ3n) is 2.22. The highest BCUT2D eigenvalue weighted by molar-refractivity contribution is 5.85. The van der Waals surface area contributed by atoms with Gasteiger partial charge in [-0.1, -0.05) is 13.8 Å². The standard InChI is InChI=1S/C10H15N3O3/c1-6(2)8(5-14)11-9-4-3-7(10(15)16)12-13-9/h3-4,6,8,14H,5H2,1-2H3,(H,11,13)(H,15,16). The Morgan fingerprint density at radius 1 is 1.44 bits per heavy atom. The van der Waals surface area contributed by atoms with E-state index >= 15 is 0 Å². The second-order valence-corrected chi connectivity index (χ2v) is 3.79.